The van der Waals surface area contributed by atoms with E-state index in [0.29, 0.717) is 6.04 Å². The van der Waals surface area contributed by atoms with Crippen LogP contribution in [0.15, 0.2) is 0 Å². The number of urea groups is 1. The summed E-state index contributed by atoms with van der Waals surface area (Å²) >= 11 is 0. The molecule has 1 aliphatic rings. The fraction of sp³-hybridized carbons (Fsp3) is 0.917. The van der Waals surface area contributed by atoms with Gasteiger partial charge in [0.1, 0.15) is 0 Å². The van der Waals surface area contributed by atoms with Crippen LogP contribution in [0.25, 0.3) is 0 Å². The van der Waals surface area contributed by atoms with Crippen LogP contribution in [0.3, 0.4) is 0 Å². The Labute approximate surface area is 93.2 Å². The van der Waals surface area contributed by atoms with Crippen LogP contribution in [0.4, 0.5) is 4.79 Å². The van der Waals surface area contributed by atoms with Crippen LogP contribution in [0.2, 0.25) is 0 Å². The lowest BCUT2D eigenvalue weighted by molar-refractivity contribution is 0.0914. The maximum absolute atomic E-state index is 11.9. The van der Waals surface area contributed by atoms with Crippen molar-refractivity contribution in [2.24, 2.45) is 0 Å². The van der Waals surface area contributed by atoms with Crippen molar-refractivity contribution in [2.75, 3.05) is 7.05 Å². The zero-order valence-electron chi connectivity index (χ0n) is 10.5. The van der Waals surface area contributed by atoms with Crippen LogP contribution in [0.5, 0.6) is 0 Å². The van der Waals surface area contributed by atoms with Crippen molar-refractivity contribution >= 4 is 6.03 Å². The molecule has 0 atom stereocenters. The Morgan fingerprint density at radius 3 is 2.13 bits per heavy atom. The van der Waals surface area contributed by atoms with Gasteiger partial charge in [0.25, 0.3) is 0 Å². The first-order valence-corrected chi connectivity index (χ1v) is 5.98. The average Bonchev–Trinajstić information content (AvgIpc) is 2.17. The van der Waals surface area contributed by atoms with Crippen LogP contribution < -0.4 is 5.32 Å². The van der Waals surface area contributed by atoms with Crippen LogP contribution in [-0.2, 0) is 0 Å². The first-order valence-electron chi connectivity index (χ1n) is 5.98. The molecule has 0 heterocycles. The molecule has 0 aromatic carbocycles. The van der Waals surface area contributed by atoms with Gasteiger partial charge in [-0.15, -0.1) is 0 Å². The number of nitrogens with zero attached hydrogens (tertiary/aromatic N) is 1. The lowest BCUT2D eigenvalue weighted by Gasteiger charge is -2.43. The predicted molar refractivity (Wildman–Crippen MR) is 62.9 cm³/mol. The molecule has 1 fully saturated rings. The smallest absolute Gasteiger partial charge is 0.317 e. The Kier molecular flexibility index (Phi) is 4.00. The van der Waals surface area contributed by atoms with Gasteiger partial charge >= 0.3 is 6.03 Å². The van der Waals surface area contributed by atoms with Gasteiger partial charge in [-0.05, 0) is 33.6 Å². The second kappa shape index (κ2) is 4.86. The summed E-state index contributed by atoms with van der Waals surface area (Å²) in [4.78, 5) is 13.9. The van der Waals surface area contributed by atoms with Crippen molar-refractivity contribution < 1.29 is 4.79 Å². The average molecular weight is 212 g/mol. The lowest BCUT2D eigenvalue weighted by Crippen LogP contribution is -2.55. The van der Waals surface area contributed by atoms with E-state index in [2.05, 4.69) is 26.1 Å². The second-order valence-corrected chi connectivity index (χ2v) is 5.39. The number of hydrogen-bond acceptors (Lipinski definition) is 1. The van der Waals surface area contributed by atoms with Gasteiger partial charge in [-0.25, -0.2) is 4.79 Å². The Hall–Kier alpha value is -0.730. The van der Waals surface area contributed by atoms with E-state index in [-0.39, 0.29) is 11.6 Å². The van der Waals surface area contributed by atoms with Gasteiger partial charge in [0.2, 0.25) is 0 Å². The molecule has 88 valence electrons. The number of carbonyl (C=O) groups excluding carboxylic acids is 1. The van der Waals surface area contributed by atoms with Crippen LogP contribution in [0.1, 0.15) is 52.9 Å². The van der Waals surface area contributed by atoms with Gasteiger partial charge in [0, 0.05) is 18.6 Å². The molecular weight excluding hydrogens is 188 g/mol. The van der Waals surface area contributed by atoms with E-state index in [1.165, 1.54) is 19.3 Å². The standard InChI is InChI=1S/C12H24N2O/c1-12(2,3)14(11(15)13-4)10-8-6-5-7-9-10/h10H,5-9H2,1-4H3,(H,13,15). The van der Waals surface area contributed by atoms with Crippen molar-refractivity contribution in [2.45, 2.75) is 64.5 Å². The van der Waals surface area contributed by atoms with Crippen molar-refractivity contribution in [3.8, 4) is 0 Å². The fourth-order valence-corrected chi connectivity index (χ4v) is 2.48. The third-order valence-electron chi connectivity index (χ3n) is 3.10. The monoisotopic (exact) mass is 212 g/mol. The molecule has 3 heteroatoms. The molecule has 15 heavy (non-hydrogen) atoms. The Morgan fingerprint density at radius 1 is 1.20 bits per heavy atom. The molecule has 3 nitrogen and oxygen atoms in total. The van der Waals surface area contributed by atoms with Gasteiger partial charge < -0.3 is 10.2 Å². The molecular formula is C12H24N2O. The highest BCUT2D eigenvalue weighted by Crippen LogP contribution is 2.28. The minimum atomic E-state index is -0.0813. The molecule has 0 spiro atoms. The van der Waals surface area contributed by atoms with Crippen LogP contribution in [0, 0.1) is 0 Å². The first-order chi connectivity index (χ1) is 6.96. The van der Waals surface area contributed by atoms with Crippen LogP contribution >= 0.6 is 0 Å². The molecule has 0 saturated heterocycles. The number of rotatable bonds is 1. The molecule has 0 unspecified atom stereocenters. The summed E-state index contributed by atoms with van der Waals surface area (Å²) in [5.74, 6) is 0. The van der Waals surface area contributed by atoms with Gasteiger partial charge in [-0.3, -0.25) is 0 Å². The van der Waals surface area contributed by atoms with Gasteiger partial charge in [-0.1, -0.05) is 19.3 Å². The topological polar surface area (TPSA) is 32.3 Å². The van der Waals surface area contributed by atoms with Crippen molar-refractivity contribution in [1.82, 2.24) is 10.2 Å². The van der Waals surface area contributed by atoms with Gasteiger partial charge in [0.15, 0.2) is 0 Å². The van der Waals surface area contributed by atoms with Gasteiger partial charge in [-0.2, -0.15) is 0 Å². The molecule has 2 amide bonds. The summed E-state index contributed by atoms with van der Waals surface area (Å²) in [5, 5.41) is 2.76. The van der Waals surface area contributed by atoms with E-state index >= 15 is 0 Å². The first kappa shape index (κ1) is 12.3. The molecule has 0 radical (unpaired) electrons. The number of nitrogens with one attached hydrogen (secondary N) is 1. The van der Waals surface area contributed by atoms with E-state index in [0.717, 1.165) is 12.8 Å². The van der Waals surface area contributed by atoms with E-state index in [9.17, 15) is 4.79 Å². The van der Waals surface area contributed by atoms with Crippen LogP contribution in [-0.4, -0.2) is 29.6 Å². The minimum Gasteiger partial charge on any atom is -0.341 e. The third-order valence-corrected chi connectivity index (χ3v) is 3.10. The Bertz CT molecular complexity index is 214. The second-order valence-electron chi connectivity index (χ2n) is 5.39. The number of hydrogen-bond donors (Lipinski definition) is 1. The summed E-state index contributed by atoms with van der Waals surface area (Å²) in [7, 11) is 1.71. The Morgan fingerprint density at radius 2 is 1.73 bits per heavy atom. The van der Waals surface area contributed by atoms with E-state index in [4.69, 9.17) is 0 Å². The fourth-order valence-electron chi connectivity index (χ4n) is 2.48. The predicted octanol–water partition coefficient (Wildman–Crippen LogP) is 2.76. The molecule has 1 rings (SSSR count). The molecule has 1 saturated carbocycles. The number of carbonyl (C=O) groups is 1. The van der Waals surface area contributed by atoms with Crippen molar-refractivity contribution in [3.63, 3.8) is 0 Å². The molecule has 0 aromatic heterocycles. The molecule has 1 N–H and O–H groups in total. The lowest BCUT2D eigenvalue weighted by atomic mass is 9.91. The minimum absolute atomic E-state index is 0.0643. The molecule has 0 bridgehead atoms. The maximum Gasteiger partial charge on any atom is 0.317 e. The summed E-state index contributed by atoms with van der Waals surface area (Å²) in [6, 6.07) is 0.494. The molecule has 0 aromatic rings. The summed E-state index contributed by atoms with van der Waals surface area (Å²) in [5.41, 5.74) is -0.0813. The van der Waals surface area contributed by atoms with E-state index in [1.54, 1.807) is 7.05 Å². The highest BCUT2D eigenvalue weighted by molar-refractivity contribution is 5.75. The van der Waals surface area contributed by atoms with Gasteiger partial charge in [0.05, 0.1) is 0 Å². The quantitative estimate of drug-likeness (QED) is 0.712. The highest BCUT2D eigenvalue weighted by Gasteiger charge is 2.33. The summed E-state index contributed by atoms with van der Waals surface area (Å²) in [6.07, 6.45) is 6.15. The largest absolute Gasteiger partial charge is 0.341 e. The van der Waals surface area contributed by atoms with E-state index < -0.39 is 0 Å². The third kappa shape index (κ3) is 3.11. The maximum atomic E-state index is 11.9. The molecule has 1 aliphatic carbocycles. The number of amides is 2. The van der Waals surface area contributed by atoms with Crippen molar-refractivity contribution in [1.29, 1.82) is 0 Å². The normalized spacial score (nSPS) is 18.7. The summed E-state index contributed by atoms with van der Waals surface area (Å²) < 4.78 is 0. The zero-order valence-corrected chi connectivity index (χ0v) is 10.5. The SMILES string of the molecule is CNC(=O)N(C1CCCCC1)C(C)(C)C. The van der Waals surface area contributed by atoms with E-state index in [1.807, 2.05) is 4.90 Å². The Balaban J connectivity index is 2.75. The highest BCUT2D eigenvalue weighted by atomic mass is 16.2. The van der Waals surface area contributed by atoms with Crippen molar-refractivity contribution in [3.05, 3.63) is 0 Å². The summed E-state index contributed by atoms with van der Waals surface area (Å²) in [6.45, 7) is 6.32. The molecule has 0 aliphatic heterocycles. The zero-order chi connectivity index (χ0) is 11.5.